The van der Waals surface area contributed by atoms with Gasteiger partial charge in [0.05, 0.1) is 6.42 Å². The molecule has 1 aromatic heterocycles. The highest BCUT2D eigenvalue weighted by Gasteiger charge is 2.11. The lowest BCUT2D eigenvalue weighted by atomic mass is 10.1. The van der Waals surface area contributed by atoms with Crippen LogP contribution in [0.5, 0.6) is 0 Å². The molecule has 1 N–H and O–H groups in total. The Kier molecular flexibility index (Phi) is 2.80. The maximum atomic E-state index is 12.5. The Morgan fingerprint density at radius 3 is 2.58 bits per heavy atom. The van der Waals surface area contributed by atoms with E-state index in [0.29, 0.717) is 16.3 Å². The SMILES string of the molecule is O=C(O)Cc1cccc2sc3ccccc3c(=O)c12. The molecule has 3 rings (SSSR count). The number of benzene rings is 2. The van der Waals surface area contributed by atoms with E-state index in [1.165, 1.54) is 11.3 Å². The predicted molar refractivity (Wildman–Crippen MR) is 76.9 cm³/mol. The van der Waals surface area contributed by atoms with Crippen molar-refractivity contribution in [2.24, 2.45) is 0 Å². The molecule has 0 aliphatic heterocycles. The largest absolute Gasteiger partial charge is 0.481 e. The van der Waals surface area contributed by atoms with Gasteiger partial charge in [-0.1, -0.05) is 24.3 Å². The molecule has 0 aliphatic carbocycles. The number of hydrogen-bond donors (Lipinski definition) is 1. The molecule has 0 saturated heterocycles. The van der Waals surface area contributed by atoms with Gasteiger partial charge in [-0.15, -0.1) is 11.3 Å². The topological polar surface area (TPSA) is 54.4 Å². The molecule has 0 unspecified atom stereocenters. The average Bonchev–Trinajstić information content (AvgIpc) is 2.38. The van der Waals surface area contributed by atoms with Crippen molar-refractivity contribution >= 4 is 37.5 Å². The second-order valence-corrected chi connectivity index (χ2v) is 5.37. The van der Waals surface area contributed by atoms with Crippen LogP contribution in [0.25, 0.3) is 20.2 Å². The number of carbonyl (C=O) groups is 1. The molecule has 0 fully saturated rings. The normalized spacial score (nSPS) is 10.9. The first-order chi connectivity index (χ1) is 9.16. The Labute approximate surface area is 112 Å². The van der Waals surface area contributed by atoms with Crippen molar-refractivity contribution in [1.82, 2.24) is 0 Å². The second kappa shape index (κ2) is 4.48. The van der Waals surface area contributed by atoms with Crippen LogP contribution in [0.3, 0.4) is 0 Å². The highest BCUT2D eigenvalue weighted by Crippen LogP contribution is 2.26. The summed E-state index contributed by atoms with van der Waals surface area (Å²) in [6, 6.07) is 12.8. The predicted octanol–water partition coefficient (Wildman–Crippen LogP) is 3.04. The van der Waals surface area contributed by atoms with Gasteiger partial charge in [-0.25, -0.2) is 0 Å². The third-order valence-corrected chi connectivity index (χ3v) is 4.17. The molecule has 0 saturated carbocycles. The number of aliphatic carboxylic acids is 1. The smallest absolute Gasteiger partial charge is 0.307 e. The van der Waals surface area contributed by atoms with Gasteiger partial charge in [0.1, 0.15) is 0 Å². The summed E-state index contributed by atoms with van der Waals surface area (Å²) < 4.78 is 1.76. The minimum absolute atomic E-state index is 0.0822. The Bertz CT molecular complexity index is 849. The summed E-state index contributed by atoms with van der Waals surface area (Å²) in [6.07, 6.45) is -0.127. The zero-order valence-corrected chi connectivity index (χ0v) is 10.7. The lowest BCUT2D eigenvalue weighted by molar-refractivity contribution is -0.136. The van der Waals surface area contributed by atoms with E-state index in [1.807, 2.05) is 24.3 Å². The van der Waals surface area contributed by atoms with Gasteiger partial charge >= 0.3 is 5.97 Å². The van der Waals surface area contributed by atoms with Gasteiger partial charge in [-0.2, -0.15) is 0 Å². The van der Waals surface area contributed by atoms with Crippen molar-refractivity contribution in [2.75, 3.05) is 0 Å². The number of fused-ring (bicyclic) bond motifs is 2. The lowest BCUT2D eigenvalue weighted by Crippen LogP contribution is -2.07. The Morgan fingerprint density at radius 2 is 1.79 bits per heavy atom. The molecular weight excluding hydrogens is 260 g/mol. The van der Waals surface area contributed by atoms with E-state index in [2.05, 4.69) is 0 Å². The molecule has 2 aromatic carbocycles. The van der Waals surface area contributed by atoms with Crippen LogP contribution in [0.4, 0.5) is 0 Å². The molecule has 0 atom stereocenters. The highest BCUT2D eigenvalue weighted by molar-refractivity contribution is 7.24. The van der Waals surface area contributed by atoms with Crippen LogP contribution in [0, 0.1) is 0 Å². The van der Waals surface area contributed by atoms with Crippen molar-refractivity contribution in [3.8, 4) is 0 Å². The van der Waals surface area contributed by atoms with Gasteiger partial charge in [-0.05, 0) is 23.8 Å². The van der Waals surface area contributed by atoms with E-state index < -0.39 is 5.97 Å². The summed E-state index contributed by atoms with van der Waals surface area (Å²) in [6.45, 7) is 0. The van der Waals surface area contributed by atoms with Crippen LogP contribution < -0.4 is 5.43 Å². The van der Waals surface area contributed by atoms with Crippen molar-refractivity contribution in [3.05, 3.63) is 58.3 Å². The maximum absolute atomic E-state index is 12.5. The first-order valence-electron chi connectivity index (χ1n) is 5.82. The number of hydrogen-bond acceptors (Lipinski definition) is 3. The first kappa shape index (κ1) is 11.9. The minimum Gasteiger partial charge on any atom is -0.481 e. The Morgan fingerprint density at radius 1 is 1.05 bits per heavy atom. The van der Waals surface area contributed by atoms with Crippen LogP contribution in [0.2, 0.25) is 0 Å². The molecule has 3 aromatic rings. The van der Waals surface area contributed by atoms with Crippen molar-refractivity contribution in [2.45, 2.75) is 6.42 Å². The molecule has 0 amide bonds. The summed E-state index contributed by atoms with van der Waals surface area (Å²) in [5.41, 5.74) is 0.498. The van der Waals surface area contributed by atoms with Gasteiger partial charge in [0.25, 0.3) is 0 Å². The molecular formula is C15H10O3S. The van der Waals surface area contributed by atoms with Crippen LogP contribution >= 0.6 is 11.3 Å². The molecule has 1 heterocycles. The molecule has 4 heteroatoms. The summed E-state index contributed by atoms with van der Waals surface area (Å²) in [7, 11) is 0. The Hall–Kier alpha value is -2.20. The van der Waals surface area contributed by atoms with E-state index in [4.69, 9.17) is 5.11 Å². The van der Waals surface area contributed by atoms with Crippen LogP contribution in [-0.2, 0) is 11.2 Å². The first-order valence-corrected chi connectivity index (χ1v) is 6.64. The third-order valence-electron chi connectivity index (χ3n) is 3.03. The van der Waals surface area contributed by atoms with E-state index in [1.54, 1.807) is 18.2 Å². The zero-order chi connectivity index (χ0) is 13.4. The number of rotatable bonds is 2. The molecule has 19 heavy (non-hydrogen) atoms. The summed E-state index contributed by atoms with van der Waals surface area (Å²) in [4.78, 5) is 23.4. The van der Waals surface area contributed by atoms with E-state index in [0.717, 1.165) is 9.40 Å². The number of carboxylic acid groups (broad SMARTS) is 1. The summed E-state index contributed by atoms with van der Waals surface area (Å²) in [5.74, 6) is -0.926. The second-order valence-electron chi connectivity index (χ2n) is 4.29. The lowest BCUT2D eigenvalue weighted by Gasteiger charge is -2.05. The quantitative estimate of drug-likeness (QED) is 0.728. The number of carboxylic acids is 1. The van der Waals surface area contributed by atoms with Gasteiger partial charge < -0.3 is 5.11 Å². The summed E-state index contributed by atoms with van der Waals surface area (Å²) >= 11 is 1.51. The monoisotopic (exact) mass is 270 g/mol. The molecule has 94 valence electrons. The minimum atomic E-state index is -0.926. The van der Waals surface area contributed by atoms with Crippen LogP contribution in [0.15, 0.2) is 47.3 Å². The van der Waals surface area contributed by atoms with Crippen molar-refractivity contribution < 1.29 is 9.90 Å². The van der Waals surface area contributed by atoms with E-state index in [-0.39, 0.29) is 11.8 Å². The fourth-order valence-corrected chi connectivity index (χ4v) is 3.35. The fourth-order valence-electron chi connectivity index (χ4n) is 2.23. The fraction of sp³-hybridized carbons (Fsp3) is 0.0667. The van der Waals surface area contributed by atoms with Crippen LogP contribution in [-0.4, -0.2) is 11.1 Å². The standard InChI is InChI=1S/C15H10O3S/c16-13(17)8-9-4-3-7-12-14(9)15(18)10-5-1-2-6-11(10)19-12/h1-7H,8H2,(H,16,17). The van der Waals surface area contributed by atoms with Gasteiger partial charge in [0.15, 0.2) is 5.43 Å². The molecule has 0 bridgehead atoms. The Balaban J connectivity index is 2.45. The highest BCUT2D eigenvalue weighted by atomic mass is 32.1. The zero-order valence-electron chi connectivity index (χ0n) is 9.92. The van der Waals surface area contributed by atoms with Gasteiger partial charge in [0.2, 0.25) is 0 Å². The van der Waals surface area contributed by atoms with Gasteiger partial charge in [0, 0.05) is 20.2 Å². The van der Waals surface area contributed by atoms with Crippen molar-refractivity contribution in [3.63, 3.8) is 0 Å². The summed E-state index contributed by atoms with van der Waals surface area (Å²) in [5, 5.41) is 10.1. The molecule has 0 radical (unpaired) electrons. The van der Waals surface area contributed by atoms with E-state index in [9.17, 15) is 9.59 Å². The average molecular weight is 270 g/mol. The van der Waals surface area contributed by atoms with Gasteiger partial charge in [-0.3, -0.25) is 9.59 Å². The van der Waals surface area contributed by atoms with Crippen LogP contribution in [0.1, 0.15) is 5.56 Å². The van der Waals surface area contributed by atoms with Crippen molar-refractivity contribution in [1.29, 1.82) is 0 Å². The van der Waals surface area contributed by atoms with E-state index >= 15 is 0 Å². The molecule has 0 aliphatic rings. The molecule has 0 spiro atoms. The molecule has 3 nitrogen and oxygen atoms in total. The maximum Gasteiger partial charge on any atom is 0.307 e. The third kappa shape index (κ3) is 2.00.